The van der Waals surface area contributed by atoms with Crippen molar-refractivity contribution in [2.45, 2.75) is 43.7 Å². The van der Waals surface area contributed by atoms with Crippen molar-refractivity contribution in [1.82, 2.24) is 10.6 Å². The van der Waals surface area contributed by atoms with Gasteiger partial charge in [-0.3, -0.25) is 4.79 Å². The van der Waals surface area contributed by atoms with Crippen molar-refractivity contribution in [2.24, 2.45) is 5.92 Å². The van der Waals surface area contributed by atoms with Crippen LogP contribution >= 0.6 is 0 Å². The summed E-state index contributed by atoms with van der Waals surface area (Å²) in [4.78, 5) is 36.7. The van der Waals surface area contributed by atoms with Crippen LogP contribution in [0.1, 0.15) is 43.2 Å². The van der Waals surface area contributed by atoms with Gasteiger partial charge in [0.05, 0.1) is 6.61 Å². The molecule has 2 aromatic carbocycles. The second-order valence-electron chi connectivity index (χ2n) is 9.24. The molecule has 180 valence electrons. The van der Waals surface area contributed by atoms with Gasteiger partial charge in [0, 0.05) is 25.0 Å². The van der Waals surface area contributed by atoms with Gasteiger partial charge >= 0.3 is 12.1 Å². The molecule has 0 bridgehead atoms. The van der Waals surface area contributed by atoms with E-state index >= 15 is 0 Å². The molecule has 8 nitrogen and oxygen atoms in total. The Bertz CT molecular complexity index is 1040. The number of carboxylic acids is 1. The number of alkyl carbamates (subject to hydrolysis) is 1. The molecule has 0 heterocycles. The molecule has 0 aromatic heterocycles. The van der Waals surface area contributed by atoms with E-state index in [1.54, 1.807) is 0 Å². The van der Waals surface area contributed by atoms with Gasteiger partial charge in [0.25, 0.3) is 0 Å². The number of aliphatic carboxylic acids is 1. The number of benzene rings is 2. The first kappa shape index (κ1) is 23.8. The lowest BCUT2D eigenvalue weighted by Gasteiger charge is -2.27. The van der Waals surface area contributed by atoms with E-state index in [1.165, 1.54) is 25.2 Å². The van der Waals surface area contributed by atoms with E-state index < -0.39 is 17.6 Å². The fourth-order valence-corrected chi connectivity index (χ4v) is 4.97. The number of methoxy groups -OCH3 is 1. The second-order valence-corrected chi connectivity index (χ2v) is 9.24. The molecule has 3 N–H and O–H groups in total. The third-order valence-corrected chi connectivity index (χ3v) is 6.77. The molecule has 3 atom stereocenters. The Morgan fingerprint density at radius 1 is 1.03 bits per heavy atom. The number of amides is 2. The molecule has 4 rings (SSSR count). The Morgan fingerprint density at radius 2 is 1.65 bits per heavy atom. The third-order valence-electron chi connectivity index (χ3n) is 6.77. The zero-order valence-corrected chi connectivity index (χ0v) is 19.4. The average molecular weight is 467 g/mol. The smallest absolute Gasteiger partial charge is 0.407 e. The number of nitrogens with one attached hydrogen (secondary N) is 2. The summed E-state index contributed by atoms with van der Waals surface area (Å²) in [6.45, 7) is 1.50. The van der Waals surface area contributed by atoms with Gasteiger partial charge in [-0.25, -0.2) is 9.59 Å². The van der Waals surface area contributed by atoms with Crippen molar-refractivity contribution in [3.05, 3.63) is 59.7 Å². The van der Waals surface area contributed by atoms with Crippen molar-refractivity contribution in [1.29, 1.82) is 0 Å². The number of ether oxygens (including phenoxy) is 2. The summed E-state index contributed by atoms with van der Waals surface area (Å²) in [7, 11) is 1.39. The minimum Gasteiger partial charge on any atom is -0.479 e. The fraction of sp³-hybridized carbons (Fsp3) is 0.423. The number of carboxylic acid groups (broad SMARTS) is 1. The summed E-state index contributed by atoms with van der Waals surface area (Å²) < 4.78 is 10.5. The van der Waals surface area contributed by atoms with Gasteiger partial charge in [-0.1, -0.05) is 48.5 Å². The average Bonchev–Trinajstić information content (AvgIpc) is 3.40. The Balaban J connectivity index is 1.30. The first-order valence-electron chi connectivity index (χ1n) is 11.5. The van der Waals surface area contributed by atoms with Crippen LogP contribution in [0.3, 0.4) is 0 Å². The zero-order chi connectivity index (χ0) is 24.3. The standard InChI is InChI=1S/C26H30N2O6/c1-26(15-33-2,24(30)31)28-23(29)16-11-12-17(13-16)27-25(32)34-14-22-20-9-5-3-7-18(20)19-8-4-6-10-21(19)22/h3-10,16-17,22H,11-15H2,1-2H3,(H,27,32)(H,28,29)(H,30,31). The predicted molar refractivity (Wildman–Crippen MR) is 125 cm³/mol. The number of hydrogen-bond donors (Lipinski definition) is 3. The van der Waals surface area contributed by atoms with E-state index in [4.69, 9.17) is 9.47 Å². The summed E-state index contributed by atoms with van der Waals surface area (Å²) in [6.07, 6.45) is 1.10. The highest BCUT2D eigenvalue weighted by atomic mass is 16.5. The van der Waals surface area contributed by atoms with E-state index in [0.717, 1.165) is 11.1 Å². The first-order valence-corrected chi connectivity index (χ1v) is 11.5. The Morgan fingerprint density at radius 3 is 2.24 bits per heavy atom. The molecule has 1 fully saturated rings. The molecule has 2 amide bonds. The highest BCUT2D eigenvalue weighted by Crippen LogP contribution is 2.44. The minimum atomic E-state index is -1.50. The number of carbonyl (C=O) groups is 3. The number of rotatable bonds is 8. The monoisotopic (exact) mass is 466 g/mol. The lowest BCUT2D eigenvalue weighted by atomic mass is 9.98. The lowest BCUT2D eigenvalue weighted by molar-refractivity contribution is -0.149. The number of hydrogen-bond acceptors (Lipinski definition) is 5. The molecule has 0 radical (unpaired) electrons. The summed E-state index contributed by atoms with van der Waals surface area (Å²) in [6, 6.07) is 16.1. The van der Waals surface area contributed by atoms with Crippen molar-refractivity contribution in [3.8, 4) is 11.1 Å². The van der Waals surface area contributed by atoms with Crippen LogP contribution in [0.15, 0.2) is 48.5 Å². The van der Waals surface area contributed by atoms with E-state index in [-0.39, 0.29) is 37.0 Å². The van der Waals surface area contributed by atoms with E-state index in [2.05, 4.69) is 34.9 Å². The van der Waals surface area contributed by atoms with Crippen LogP contribution in [-0.2, 0) is 19.1 Å². The molecule has 2 aliphatic rings. The van der Waals surface area contributed by atoms with Crippen molar-refractivity contribution in [3.63, 3.8) is 0 Å². The van der Waals surface area contributed by atoms with E-state index in [9.17, 15) is 19.5 Å². The topological polar surface area (TPSA) is 114 Å². The highest BCUT2D eigenvalue weighted by molar-refractivity contribution is 5.88. The maximum atomic E-state index is 12.6. The van der Waals surface area contributed by atoms with Crippen LogP contribution in [0.25, 0.3) is 11.1 Å². The minimum absolute atomic E-state index is 0.0188. The summed E-state index contributed by atoms with van der Waals surface area (Å²) in [5.41, 5.74) is 3.12. The summed E-state index contributed by atoms with van der Waals surface area (Å²) in [5.74, 6) is -1.91. The molecule has 34 heavy (non-hydrogen) atoms. The maximum Gasteiger partial charge on any atom is 0.407 e. The molecular weight excluding hydrogens is 436 g/mol. The normalized spacial score (nSPS) is 20.6. The third kappa shape index (κ3) is 4.77. The van der Waals surface area contributed by atoms with E-state index in [0.29, 0.717) is 19.3 Å². The SMILES string of the molecule is COCC(C)(NC(=O)C1CCC(NC(=O)OCC2c3ccccc3-c3ccccc32)C1)C(=O)O. The van der Waals surface area contributed by atoms with Crippen molar-refractivity contribution < 1.29 is 29.0 Å². The molecule has 2 aromatic rings. The fourth-order valence-electron chi connectivity index (χ4n) is 4.97. The number of fused-ring (bicyclic) bond motifs is 3. The second kappa shape index (κ2) is 9.85. The molecule has 0 saturated heterocycles. The van der Waals surface area contributed by atoms with Gasteiger partial charge in [-0.05, 0) is 48.4 Å². The number of carbonyl (C=O) groups excluding carboxylic acids is 2. The predicted octanol–water partition coefficient (Wildman–Crippen LogP) is 3.30. The molecule has 8 heteroatoms. The Labute approximate surface area is 198 Å². The quantitative estimate of drug-likeness (QED) is 0.550. The van der Waals surface area contributed by atoms with Gasteiger partial charge in [-0.15, -0.1) is 0 Å². The van der Waals surface area contributed by atoms with Gasteiger partial charge in [0.15, 0.2) is 5.54 Å². The maximum absolute atomic E-state index is 12.6. The summed E-state index contributed by atoms with van der Waals surface area (Å²) >= 11 is 0. The molecule has 2 aliphatic carbocycles. The van der Waals surface area contributed by atoms with Crippen LogP contribution in [0, 0.1) is 5.92 Å². The molecule has 3 unspecified atom stereocenters. The van der Waals surface area contributed by atoms with Crippen LogP contribution in [0.2, 0.25) is 0 Å². The van der Waals surface area contributed by atoms with Crippen LogP contribution in [-0.4, -0.2) is 55.0 Å². The van der Waals surface area contributed by atoms with Gasteiger partial charge in [-0.2, -0.15) is 0 Å². The first-order chi connectivity index (χ1) is 16.3. The van der Waals surface area contributed by atoms with Crippen molar-refractivity contribution in [2.75, 3.05) is 20.3 Å². The van der Waals surface area contributed by atoms with Crippen LogP contribution in [0.4, 0.5) is 4.79 Å². The Kier molecular flexibility index (Phi) is 6.88. The molecule has 0 spiro atoms. The van der Waals surface area contributed by atoms with Gasteiger partial charge in [0.1, 0.15) is 6.61 Å². The van der Waals surface area contributed by atoms with Crippen LogP contribution < -0.4 is 10.6 Å². The molecule has 1 saturated carbocycles. The van der Waals surface area contributed by atoms with Crippen LogP contribution in [0.5, 0.6) is 0 Å². The largest absolute Gasteiger partial charge is 0.479 e. The van der Waals surface area contributed by atoms with Gasteiger partial charge in [0.2, 0.25) is 5.91 Å². The lowest BCUT2D eigenvalue weighted by Crippen LogP contribution is -2.56. The summed E-state index contributed by atoms with van der Waals surface area (Å²) in [5, 5.41) is 14.9. The molecule has 0 aliphatic heterocycles. The molecular formula is C26H30N2O6. The van der Waals surface area contributed by atoms with E-state index in [1.807, 2.05) is 24.3 Å². The van der Waals surface area contributed by atoms with Gasteiger partial charge < -0.3 is 25.2 Å². The Hall–Kier alpha value is -3.39. The zero-order valence-electron chi connectivity index (χ0n) is 19.4. The van der Waals surface area contributed by atoms with Crippen molar-refractivity contribution >= 4 is 18.0 Å². The highest BCUT2D eigenvalue weighted by Gasteiger charge is 2.39.